The number of hydrogen-bond donors (Lipinski definition) is 10. The Bertz CT molecular complexity index is 1290. The minimum absolute atomic E-state index is 0.0683. The highest BCUT2D eigenvalue weighted by Gasteiger charge is 2.31. The maximum absolute atomic E-state index is 13.3. The topological polar surface area (TPSA) is 300 Å². The van der Waals surface area contributed by atoms with E-state index in [-0.39, 0.29) is 31.8 Å². The number of amides is 4. The average Bonchev–Trinajstić information content (AvgIpc) is 3.36. The van der Waals surface area contributed by atoms with Crippen molar-refractivity contribution in [2.75, 3.05) is 13.1 Å². The van der Waals surface area contributed by atoms with E-state index < -0.39 is 60.2 Å². The van der Waals surface area contributed by atoms with Crippen molar-refractivity contribution in [2.24, 2.45) is 33.7 Å². The summed E-state index contributed by atoms with van der Waals surface area (Å²) in [7, 11) is 0. The fraction of sp³-hybridized carbons (Fsp3) is 0.481. The molecular formula is C27H42N10O6. The van der Waals surface area contributed by atoms with Gasteiger partial charge in [-0.25, -0.2) is 4.79 Å². The molecule has 0 bridgehead atoms. The summed E-state index contributed by atoms with van der Waals surface area (Å²) in [5, 5.41) is 18.0. The highest BCUT2D eigenvalue weighted by atomic mass is 16.4. The highest BCUT2D eigenvalue weighted by molar-refractivity contribution is 5.96. The first-order chi connectivity index (χ1) is 20.4. The molecule has 4 unspecified atom stereocenters. The summed E-state index contributed by atoms with van der Waals surface area (Å²) in [4.78, 5) is 69.9. The lowest BCUT2D eigenvalue weighted by molar-refractivity contribution is -0.142. The predicted molar refractivity (Wildman–Crippen MR) is 160 cm³/mol. The summed E-state index contributed by atoms with van der Waals surface area (Å²) in [6.07, 6.45) is 2.82. The van der Waals surface area contributed by atoms with E-state index in [1.54, 1.807) is 12.3 Å². The van der Waals surface area contributed by atoms with Crippen molar-refractivity contribution in [1.29, 1.82) is 0 Å². The molecule has 0 aliphatic heterocycles. The fourth-order valence-electron chi connectivity index (χ4n) is 4.37. The first-order valence-electron chi connectivity index (χ1n) is 13.9. The Labute approximate surface area is 248 Å². The van der Waals surface area contributed by atoms with E-state index in [9.17, 15) is 29.1 Å². The van der Waals surface area contributed by atoms with E-state index in [1.807, 2.05) is 18.2 Å². The third-order valence-corrected chi connectivity index (χ3v) is 6.64. The van der Waals surface area contributed by atoms with Crippen LogP contribution in [-0.2, 0) is 30.4 Å². The van der Waals surface area contributed by atoms with Gasteiger partial charge in [-0.3, -0.25) is 24.2 Å². The molecule has 236 valence electrons. The molecule has 0 fully saturated rings. The van der Waals surface area contributed by atoms with Gasteiger partial charge in [-0.15, -0.1) is 0 Å². The van der Waals surface area contributed by atoms with E-state index >= 15 is 0 Å². The van der Waals surface area contributed by atoms with Crippen LogP contribution in [0.15, 0.2) is 35.5 Å². The standard InChI is InChI=1S/C27H42N10O6/c28-10-4-3-9-19(35-23(39)17(29)7-5-11-33-27(31)32)24(40)36-20(13-22(30)38)25(41)37-21(26(42)43)12-15-14-34-18-8-2-1-6-16(15)18/h1-2,6,8,14,17,19-21,34H,3-5,7,9-13,28-29H2,(H2,30,38)(H,35,39)(H,36,40)(H,37,41)(H,42,43)(H4,31,32,33). The maximum Gasteiger partial charge on any atom is 0.326 e. The van der Waals surface area contributed by atoms with E-state index in [2.05, 4.69) is 25.9 Å². The van der Waals surface area contributed by atoms with Crippen molar-refractivity contribution in [2.45, 2.75) is 69.1 Å². The van der Waals surface area contributed by atoms with E-state index in [1.165, 1.54) is 0 Å². The molecule has 0 saturated carbocycles. The first-order valence-corrected chi connectivity index (χ1v) is 13.9. The molecule has 0 aliphatic carbocycles. The van der Waals surface area contributed by atoms with Crippen LogP contribution in [0.4, 0.5) is 0 Å². The van der Waals surface area contributed by atoms with Crippen LogP contribution >= 0.6 is 0 Å². The van der Waals surface area contributed by atoms with Gasteiger partial charge in [-0.1, -0.05) is 18.2 Å². The summed E-state index contributed by atoms with van der Waals surface area (Å²) < 4.78 is 0. The van der Waals surface area contributed by atoms with Crippen LogP contribution in [-0.4, -0.2) is 82.9 Å². The van der Waals surface area contributed by atoms with Gasteiger partial charge < -0.3 is 54.7 Å². The second-order valence-corrected chi connectivity index (χ2v) is 10.1. The Kier molecular flexibility index (Phi) is 13.9. The van der Waals surface area contributed by atoms with Gasteiger partial charge in [0.1, 0.15) is 18.1 Å². The lowest BCUT2D eigenvalue weighted by Gasteiger charge is -2.25. The van der Waals surface area contributed by atoms with Crippen LogP contribution in [0.1, 0.15) is 44.1 Å². The number of H-pyrrole nitrogens is 1. The van der Waals surface area contributed by atoms with E-state index in [0.29, 0.717) is 31.4 Å². The number of fused-ring (bicyclic) bond motifs is 1. The van der Waals surface area contributed by atoms with Crippen molar-refractivity contribution < 1.29 is 29.1 Å². The smallest absolute Gasteiger partial charge is 0.326 e. The minimum atomic E-state index is -1.50. The number of carbonyl (C=O) groups is 5. The van der Waals surface area contributed by atoms with Crippen LogP contribution in [0.25, 0.3) is 10.9 Å². The van der Waals surface area contributed by atoms with Crippen LogP contribution in [0, 0.1) is 0 Å². The van der Waals surface area contributed by atoms with Gasteiger partial charge in [0.05, 0.1) is 12.5 Å². The number of aromatic amines is 1. The van der Waals surface area contributed by atoms with Crippen molar-refractivity contribution >= 4 is 46.5 Å². The highest BCUT2D eigenvalue weighted by Crippen LogP contribution is 2.19. The molecule has 16 heteroatoms. The number of aromatic nitrogens is 1. The number of nitrogens with two attached hydrogens (primary N) is 5. The molecule has 0 saturated heterocycles. The molecule has 4 amide bonds. The Balaban J connectivity index is 2.13. The second kappa shape index (κ2) is 17.3. The molecule has 15 N–H and O–H groups in total. The Hall–Kier alpha value is -4.70. The molecule has 0 aliphatic rings. The van der Waals surface area contributed by atoms with Gasteiger partial charge >= 0.3 is 5.97 Å². The van der Waals surface area contributed by atoms with Crippen molar-refractivity contribution in [3.05, 3.63) is 36.0 Å². The van der Waals surface area contributed by atoms with Crippen LogP contribution in [0.3, 0.4) is 0 Å². The summed E-state index contributed by atoms with van der Waals surface area (Å²) in [6.45, 7) is 0.623. The van der Waals surface area contributed by atoms with Crippen LogP contribution in [0.2, 0.25) is 0 Å². The summed E-state index contributed by atoms with van der Waals surface area (Å²) >= 11 is 0. The minimum Gasteiger partial charge on any atom is -0.480 e. The Morgan fingerprint density at radius 2 is 1.51 bits per heavy atom. The third kappa shape index (κ3) is 11.6. The second-order valence-electron chi connectivity index (χ2n) is 10.1. The molecule has 4 atom stereocenters. The molecule has 43 heavy (non-hydrogen) atoms. The van der Waals surface area contributed by atoms with Crippen molar-refractivity contribution in [1.82, 2.24) is 20.9 Å². The SMILES string of the molecule is NCCCCC(NC(=O)C(N)CCCN=C(N)N)C(=O)NC(CC(N)=O)C(=O)NC(Cc1c[nH]c2ccccc12)C(=O)O. The van der Waals surface area contributed by atoms with Gasteiger partial charge in [-0.05, 0) is 50.3 Å². The number of benzene rings is 1. The Morgan fingerprint density at radius 1 is 0.860 bits per heavy atom. The number of unbranched alkanes of at least 4 members (excludes halogenated alkanes) is 1. The van der Waals surface area contributed by atoms with Gasteiger partial charge in [0.2, 0.25) is 23.6 Å². The third-order valence-electron chi connectivity index (χ3n) is 6.64. The van der Waals surface area contributed by atoms with Gasteiger partial charge in [0.15, 0.2) is 5.96 Å². The maximum atomic E-state index is 13.3. The number of carbonyl (C=O) groups excluding carboxylic acids is 4. The first kappa shape index (κ1) is 34.5. The number of carboxylic acid groups (broad SMARTS) is 1. The number of carboxylic acids is 1. The zero-order valence-corrected chi connectivity index (χ0v) is 23.9. The number of rotatable bonds is 19. The molecule has 1 aromatic carbocycles. The summed E-state index contributed by atoms with van der Waals surface area (Å²) in [5.74, 6) is -4.63. The van der Waals surface area contributed by atoms with Crippen LogP contribution in [0.5, 0.6) is 0 Å². The predicted octanol–water partition coefficient (Wildman–Crippen LogP) is -2.37. The average molecular weight is 603 g/mol. The molecule has 2 rings (SSSR count). The lowest BCUT2D eigenvalue weighted by atomic mass is 10.0. The molecule has 16 nitrogen and oxygen atoms in total. The fourth-order valence-corrected chi connectivity index (χ4v) is 4.37. The molecule has 1 heterocycles. The zero-order chi connectivity index (χ0) is 31.9. The Morgan fingerprint density at radius 3 is 2.16 bits per heavy atom. The number of nitrogens with one attached hydrogen (secondary N) is 4. The molecule has 2 aromatic rings. The summed E-state index contributed by atoms with van der Waals surface area (Å²) in [5.41, 5.74) is 28.9. The largest absolute Gasteiger partial charge is 0.480 e. The molecule has 0 spiro atoms. The normalized spacial score (nSPS) is 13.7. The number of aliphatic imine (C=N–C) groups is 1. The van der Waals surface area contributed by atoms with E-state index in [0.717, 1.165) is 10.9 Å². The molecule has 0 radical (unpaired) electrons. The number of nitrogens with zero attached hydrogens (tertiary/aromatic N) is 1. The zero-order valence-electron chi connectivity index (χ0n) is 23.9. The van der Waals surface area contributed by atoms with Crippen molar-refractivity contribution in [3.8, 4) is 0 Å². The number of para-hydroxylation sites is 1. The van der Waals surface area contributed by atoms with Crippen molar-refractivity contribution in [3.63, 3.8) is 0 Å². The molecular weight excluding hydrogens is 560 g/mol. The number of guanidine groups is 1. The monoisotopic (exact) mass is 602 g/mol. The number of hydrogen-bond acceptors (Lipinski definition) is 8. The molecule has 1 aromatic heterocycles. The lowest BCUT2D eigenvalue weighted by Crippen LogP contribution is -2.58. The quantitative estimate of drug-likeness (QED) is 0.0463. The van der Waals surface area contributed by atoms with Gasteiger partial charge in [0, 0.05) is 30.1 Å². The van der Waals surface area contributed by atoms with Crippen LogP contribution < -0.4 is 44.6 Å². The van der Waals surface area contributed by atoms with Gasteiger partial charge in [-0.2, -0.15) is 0 Å². The van der Waals surface area contributed by atoms with E-state index in [4.69, 9.17) is 28.7 Å². The summed E-state index contributed by atoms with van der Waals surface area (Å²) in [6, 6.07) is 2.30. The number of aliphatic carboxylic acids is 1. The number of primary amides is 1. The van der Waals surface area contributed by atoms with Gasteiger partial charge in [0.25, 0.3) is 0 Å².